The first kappa shape index (κ1) is 14.3. The molecule has 1 heteroatoms. The minimum absolute atomic E-state index is 0.942. The molecule has 0 N–H and O–H groups in total. The van der Waals surface area contributed by atoms with E-state index in [4.69, 9.17) is 4.74 Å². The molecule has 1 aliphatic carbocycles. The summed E-state index contributed by atoms with van der Waals surface area (Å²) < 4.78 is 5.57. The molecule has 1 rings (SSSR count). The summed E-state index contributed by atoms with van der Waals surface area (Å²) >= 11 is 0. The van der Waals surface area contributed by atoms with Gasteiger partial charge in [-0.15, -0.1) is 0 Å². The van der Waals surface area contributed by atoms with Gasteiger partial charge in [0.2, 0.25) is 0 Å². The lowest BCUT2D eigenvalue weighted by Gasteiger charge is -2.18. The van der Waals surface area contributed by atoms with Gasteiger partial charge in [0.05, 0.1) is 7.11 Å². The van der Waals surface area contributed by atoms with Crippen LogP contribution in [0.4, 0.5) is 0 Å². The van der Waals surface area contributed by atoms with Crippen molar-refractivity contribution in [1.82, 2.24) is 0 Å². The van der Waals surface area contributed by atoms with Crippen molar-refractivity contribution in [2.24, 2.45) is 0 Å². The summed E-state index contributed by atoms with van der Waals surface area (Å²) in [7, 11) is 1.74. The summed E-state index contributed by atoms with van der Waals surface area (Å²) in [6.45, 7) is 7.94. The lowest BCUT2D eigenvalue weighted by Crippen LogP contribution is -2.01. The minimum Gasteiger partial charge on any atom is -0.496 e. The SMILES string of the molecule is C=C/C=C\C=C1/CC=CC=C1/C(OC)=C(/C)CC. The molecule has 0 bridgehead atoms. The van der Waals surface area contributed by atoms with E-state index in [1.165, 1.54) is 16.7 Å². The van der Waals surface area contributed by atoms with Gasteiger partial charge in [-0.25, -0.2) is 0 Å². The second kappa shape index (κ2) is 7.54. The Morgan fingerprint density at radius 1 is 1.44 bits per heavy atom. The van der Waals surface area contributed by atoms with E-state index < -0.39 is 0 Å². The second-order valence-corrected chi connectivity index (χ2v) is 4.19. The molecule has 0 amide bonds. The third kappa shape index (κ3) is 3.63. The Hall–Kier alpha value is -1.76. The molecule has 0 aliphatic heterocycles. The Labute approximate surface area is 111 Å². The molecule has 1 nitrogen and oxygen atoms in total. The van der Waals surface area contributed by atoms with Crippen molar-refractivity contribution in [2.45, 2.75) is 26.7 Å². The number of hydrogen-bond donors (Lipinski definition) is 0. The predicted molar refractivity (Wildman–Crippen MR) is 79.3 cm³/mol. The highest BCUT2D eigenvalue weighted by atomic mass is 16.5. The van der Waals surface area contributed by atoms with Gasteiger partial charge < -0.3 is 4.74 Å². The average Bonchev–Trinajstić information content (AvgIpc) is 2.41. The van der Waals surface area contributed by atoms with Gasteiger partial charge in [-0.3, -0.25) is 0 Å². The summed E-state index contributed by atoms with van der Waals surface area (Å²) in [5.41, 5.74) is 3.74. The van der Waals surface area contributed by atoms with Crippen LogP contribution < -0.4 is 0 Å². The fourth-order valence-corrected chi connectivity index (χ4v) is 1.88. The number of allylic oxidation sites excluding steroid dienone is 9. The van der Waals surface area contributed by atoms with Gasteiger partial charge in [0, 0.05) is 5.57 Å². The first-order chi connectivity index (χ1) is 8.74. The largest absolute Gasteiger partial charge is 0.496 e. The molecule has 0 atom stereocenters. The van der Waals surface area contributed by atoms with Crippen molar-refractivity contribution < 1.29 is 4.74 Å². The zero-order valence-electron chi connectivity index (χ0n) is 11.6. The van der Waals surface area contributed by atoms with Crippen LogP contribution in [0.15, 0.2) is 71.6 Å². The van der Waals surface area contributed by atoms with E-state index in [2.05, 4.69) is 44.7 Å². The van der Waals surface area contributed by atoms with Crippen LogP contribution >= 0.6 is 0 Å². The van der Waals surface area contributed by atoms with Gasteiger partial charge in [0.1, 0.15) is 5.76 Å². The molecule has 0 aromatic carbocycles. The second-order valence-electron chi connectivity index (χ2n) is 4.19. The number of rotatable bonds is 5. The van der Waals surface area contributed by atoms with E-state index in [1.54, 1.807) is 13.2 Å². The third-order valence-corrected chi connectivity index (χ3v) is 2.99. The fraction of sp³-hybridized carbons (Fsp3) is 0.294. The summed E-state index contributed by atoms with van der Waals surface area (Å²) in [4.78, 5) is 0. The van der Waals surface area contributed by atoms with Crippen LogP contribution in [0.25, 0.3) is 0 Å². The van der Waals surface area contributed by atoms with Gasteiger partial charge in [-0.1, -0.05) is 56.0 Å². The molecular formula is C17H22O. The molecule has 0 spiro atoms. The Morgan fingerprint density at radius 2 is 2.22 bits per heavy atom. The third-order valence-electron chi connectivity index (χ3n) is 2.99. The average molecular weight is 242 g/mol. The van der Waals surface area contributed by atoms with Crippen molar-refractivity contribution >= 4 is 0 Å². The maximum absolute atomic E-state index is 5.57. The molecule has 0 saturated carbocycles. The van der Waals surface area contributed by atoms with Crippen LogP contribution in [0.2, 0.25) is 0 Å². The normalized spacial score (nSPS) is 18.8. The molecule has 0 unspecified atom stereocenters. The molecule has 0 heterocycles. The van der Waals surface area contributed by atoms with Gasteiger partial charge in [-0.05, 0) is 30.9 Å². The Kier molecular flexibility index (Phi) is 5.99. The van der Waals surface area contributed by atoms with E-state index >= 15 is 0 Å². The zero-order chi connectivity index (χ0) is 13.4. The maximum Gasteiger partial charge on any atom is 0.125 e. The Morgan fingerprint density at radius 3 is 2.83 bits per heavy atom. The van der Waals surface area contributed by atoms with Crippen LogP contribution in [-0.2, 0) is 4.74 Å². The van der Waals surface area contributed by atoms with Crippen molar-refractivity contribution in [3.63, 3.8) is 0 Å². The molecule has 0 aromatic rings. The molecule has 0 radical (unpaired) electrons. The summed E-state index contributed by atoms with van der Waals surface area (Å²) in [5, 5.41) is 0. The van der Waals surface area contributed by atoms with Crippen LogP contribution in [0, 0.1) is 0 Å². The zero-order valence-corrected chi connectivity index (χ0v) is 11.6. The minimum atomic E-state index is 0.942. The number of hydrogen-bond acceptors (Lipinski definition) is 1. The number of ether oxygens (including phenoxy) is 1. The molecule has 18 heavy (non-hydrogen) atoms. The van der Waals surface area contributed by atoms with Crippen LogP contribution in [0.1, 0.15) is 26.7 Å². The van der Waals surface area contributed by atoms with Gasteiger partial charge >= 0.3 is 0 Å². The van der Waals surface area contributed by atoms with Gasteiger partial charge in [-0.2, -0.15) is 0 Å². The Balaban J connectivity index is 3.13. The lowest BCUT2D eigenvalue weighted by molar-refractivity contribution is 0.296. The highest BCUT2D eigenvalue weighted by molar-refractivity contribution is 5.51. The maximum atomic E-state index is 5.57. The fourth-order valence-electron chi connectivity index (χ4n) is 1.88. The van der Waals surface area contributed by atoms with Crippen molar-refractivity contribution in [1.29, 1.82) is 0 Å². The quantitative estimate of drug-likeness (QED) is 0.493. The standard InChI is InChI=1S/C17H22O/c1-5-7-8-11-15-12-9-10-13-16(15)17(18-4)14(3)6-2/h5,7-11,13H,1,6,12H2,2-4H3/b8-7-,15-11+,17-14+. The number of methoxy groups -OCH3 is 1. The smallest absolute Gasteiger partial charge is 0.125 e. The van der Waals surface area contributed by atoms with Crippen molar-refractivity contribution in [3.05, 3.63) is 71.6 Å². The topological polar surface area (TPSA) is 9.23 Å². The summed E-state index contributed by atoms with van der Waals surface area (Å²) in [6, 6.07) is 0. The molecule has 0 fully saturated rings. The lowest BCUT2D eigenvalue weighted by atomic mass is 9.93. The van der Waals surface area contributed by atoms with E-state index in [0.29, 0.717) is 0 Å². The van der Waals surface area contributed by atoms with E-state index in [0.717, 1.165) is 18.6 Å². The summed E-state index contributed by atoms with van der Waals surface area (Å²) in [6.07, 6.45) is 16.2. The molecule has 1 aliphatic rings. The first-order valence-electron chi connectivity index (χ1n) is 6.34. The van der Waals surface area contributed by atoms with Crippen molar-refractivity contribution in [3.8, 4) is 0 Å². The van der Waals surface area contributed by atoms with Crippen molar-refractivity contribution in [2.75, 3.05) is 7.11 Å². The molecule has 0 aromatic heterocycles. The van der Waals surface area contributed by atoms with E-state index in [-0.39, 0.29) is 0 Å². The monoisotopic (exact) mass is 242 g/mol. The molecule has 0 saturated heterocycles. The predicted octanol–water partition coefficient (Wildman–Crippen LogP) is 4.87. The summed E-state index contributed by atoms with van der Waals surface area (Å²) in [5.74, 6) is 1.00. The molecular weight excluding hydrogens is 220 g/mol. The first-order valence-corrected chi connectivity index (χ1v) is 6.34. The van der Waals surface area contributed by atoms with E-state index in [1.807, 2.05) is 12.2 Å². The van der Waals surface area contributed by atoms with Crippen LogP contribution in [0.3, 0.4) is 0 Å². The van der Waals surface area contributed by atoms with Crippen LogP contribution in [-0.4, -0.2) is 7.11 Å². The molecule has 96 valence electrons. The highest BCUT2D eigenvalue weighted by Crippen LogP contribution is 2.29. The van der Waals surface area contributed by atoms with E-state index in [9.17, 15) is 0 Å². The van der Waals surface area contributed by atoms with Gasteiger partial charge in [0.15, 0.2) is 0 Å². The highest BCUT2D eigenvalue weighted by Gasteiger charge is 2.13. The van der Waals surface area contributed by atoms with Crippen LogP contribution in [0.5, 0.6) is 0 Å². The Bertz CT molecular complexity index is 442. The van der Waals surface area contributed by atoms with Gasteiger partial charge in [0.25, 0.3) is 0 Å².